The molecule has 0 radical (unpaired) electrons. The number of rotatable bonds is 12. The topological polar surface area (TPSA) is 63.6 Å². The zero-order valence-corrected chi connectivity index (χ0v) is 14.7. The maximum Gasteiger partial charge on any atom is 0.306 e. The van der Waals surface area contributed by atoms with Gasteiger partial charge in [0.05, 0.1) is 0 Å². The van der Waals surface area contributed by atoms with E-state index in [-0.39, 0.29) is 12.4 Å². The van der Waals surface area contributed by atoms with Crippen LogP contribution in [0.1, 0.15) is 36.8 Å². The molecule has 0 aliphatic rings. The molecule has 0 aromatic heterocycles. The van der Waals surface area contributed by atoms with Crippen molar-refractivity contribution in [2.75, 3.05) is 11.5 Å². The van der Waals surface area contributed by atoms with E-state index in [1.54, 1.807) is 27.7 Å². The highest BCUT2D eigenvalue weighted by molar-refractivity contribution is 8.76. The first-order valence-corrected chi connectivity index (χ1v) is 9.94. The van der Waals surface area contributed by atoms with Crippen LogP contribution in [0.3, 0.4) is 0 Å². The van der Waals surface area contributed by atoms with Crippen LogP contribution in [0.15, 0.2) is 30.8 Å². The number of hydrogen-bond acceptors (Lipinski definition) is 5. The molecule has 0 aliphatic heterocycles. The molecule has 126 valence electrons. The molecule has 0 saturated heterocycles. The van der Waals surface area contributed by atoms with Crippen LogP contribution in [-0.4, -0.2) is 28.6 Å². The molecule has 23 heavy (non-hydrogen) atoms. The van der Waals surface area contributed by atoms with Gasteiger partial charge in [-0.3, -0.25) is 9.59 Å². The van der Waals surface area contributed by atoms with Gasteiger partial charge in [0.2, 0.25) is 0 Å². The molecule has 6 heteroatoms. The van der Waals surface area contributed by atoms with Crippen molar-refractivity contribution in [1.82, 2.24) is 0 Å². The molecule has 0 atom stereocenters. The standard InChI is InChI=1S/C17H22O4S2/c1-2-14-7-9-15(10-8-14)13-21-17(20)6-4-12-23-22-11-3-5-16(18)19/h2,7-10H,1,3-6,11-13H2,(H,18,19). The highest BCUT2D eigenvalue weighted by Gasteiger charge is 2.04. The number of carboxylic acids is 1. The Balaban J connectivity index is 2.01. The van der Waals surface area contributed by atoms with Gasteiger partial charge in [0.15, 0.2) is 0 Å². The Kier molecular flexibility index (Phi) is 10.3. The zero-order valence-electron chi connectivity index (χ0n) is 13.0. The quantitative estimate of drug-likeness (QED) is 0.341. The number of carbonyl (C=O) groups is 2. The number of esters is 1. The summed E-state index contributed by atoms with van der Waals surface area (Å²) < 4.78 is 5.23. The summed E-state index contributed by atoms with van der Waals surface area (Å²) in [6.07, 6.45) is 3.85. The van der Waals surface area contributed by atoms with Crippen molar-refractivity contribution < 1.29 is 19.4 Å². The van der Waals surface area contributed by atoms with Gasteiger partial charge in [-0.1, -0.05) is 58.5 Å². The van der Waals surface area contributed by atoms with Crippen LogP contribution in [0, 0.1) is 0 Å². The summed E-state index contributed by atoms with van der Waals surface area (Å²) in [5, 5.41) is 8.50. The predicted octanol–water partition coefficient (Wildman–Crippen LogP) is 4.40. The fraction of sp³-hybridized carbons (Fsp3) is 0.412. The smallest absolute Gasteiger partial charge is 0.306 e. The number of carbonyl (C=O) groups excluding carboxylic acids is 1. The van der Waals surface area contributed by atoms with E-state index in [9.17, 15) is 9.59 Å². The first-order valence-electron chi connectivity index (χ1n) is 7.45. The molecule has 0 fully saturated rings. The highest BCUT2D eigenvalue weighted by Crippen LogP contribution is 2.23. The van der Waals surface area contributed by atoms with Gasteiger partial charge in [-0.25, -0.2) is 0 Å². The highest BCUT2D eigenvalue weighted by atomic mass is 33.1. The van der Waals surface area contributed by atoms with Crippen molar-refractivity contribution in [2.45, 2.75) is 32.3 Å². The van der Waals surface area contributed by atoms with Gasteiger partial charge >= 0.3 is 11.9 Å². The minimum absolute atomic E-state index is 0.186. The van der Waals surface area contributed by atoms with E-state index in [0.29, 0.717) is 19.4 Å². The Hall–Kier alpha value is -1.40. The van der Waals surface area contributed by atoms with Gasteiger partial charge in [0, 0.05) is 24.3 Å². The lowest BCUT2D eigenvalue weighted by Gasteiger charge is -2.05. The third-order valence-electron chi connectivity index (χ3n) is 2.93. The zero-order chi connectivity index (χ0) is 16.9. The van der Waals surface area contributed by atoms with Crippen molar-refractivity contribution in [3.05, 3.63) is 42.0 Å². The van der Waals surface area contributed by atoms with Crippen LogP contribution in [0.4, 0.5) is 0 Å². The summed E-state index contributed by atoms with van der Waals surface area (Å²) in [7, 11) is 3.33. The van der Waals surface area contributed by atoms with E-state index in [2.05, 4.69) is 6.58 Å². The fourth-order valence-corrected chi connectivity index (χ4v) is 3.84. The minimum Gasteiger partial charge on any atom is -0.481 e. The number of hydrogen-bond donors (Lipinski definition) is 1. The maximum atomic E-state index is 11.6. The van der Waals surface area contributed by atoms with Gasteiger partial charge in [0.25, 0.3) is 0 Å². The number of ether oxygens (including phenoxy) is 1. The average molecular weight is 354 g/mol. The summed E-state index contributed by atoms with van der Waals surface area (Å²) in [5.74, 6) is 0.745. The van der Waals surface area contributed by atoms with Crippen molar-refractivity contribution >= 4 is 39.6 Å². The Morgan fingerprint density at radius 2 is 1.70 bits per heavy atom. The van der Waals surface area contributed by atoms with Gasteiger partial charge in [-0.15, -0.1) is 0 Å². The monoisotopic (exact) mass is 354 g/mol. The van der Waals surface area contributed by atoms with Crippen LogP contribution >= 0.6 is 21.6 Å². The van der Waals surface area contributed by atoms with E-state index in [0.717, 1.165) is 29.1 Å². The van der Waals surface area contributed by atoms with Gasteiger partial charge < -0.3 is 9.84 Å². The lowest BCUT2D eigenvalue weighted by atomic mass is 10.1. The Bertz CT molecular complexity index is 500. The van der Waals surface area contributed by atoms with E-state index in [4.69, 9.17) is 9.84 Å². The van der Waals surface area contributed by atoms with E-state index in [1.165, 1.54) is 0 Å². The molecule has 0 heterocycles. The molecule has 1 rings (SSSR count). The van der Waals surface area contributed by atoms with Gasteiger partial charge in [0.1, 0.15) is 6.61 Å². The maximum absolute atomic E-state index is 11.6. The number of aliphatic carboxylic acids is 1. The van der Waals surface area contributed by atoms with Crippen molar-refractivity contribution in [3.8, 4) is 0 Å². The normalized spacial score (nSPS) is 10.3. The van der Waals surface area contributed by atoms with E-state index in [1.807, 2.05) is 24.3 Å². The summed E-state index contributed by atoms with van der Waals surface area (Å²) in [4.78, 5) is 22.0. The summed E-state index contributed by atoms with van der Waals surface area (Å²) in [6, 6.07) is 7.73. The molecule has 0 spiro atoms. The first kappa shape index (κ1) is 19.6. The largest absolute Gasteiger partial charge is 0.481 e. The third-order valence-corrected chi connectivity index (χ3v) is 5.50. The lowest BCUT2D eigenvalue weighted by molar-refractivity contribution is -0.145. The Labute approximate surface area is 145 Å². The van der Waals surface area contributed by atoms with E-state index < -0.39 is 5.97 Å². The molecule has 0 aliphatic carbocycles. The summed E-state index contributed by atoms with van der Waals surface area (Å²) in [6.45, 7) is 3.99. The molecule has 0 amide bonds. The minimum atomic E-state index is -0.752. The van der Waals surface area contributed by atoms with Crippen molar-refractivity contribution in [2.24, 2.45) is 0 Å². The second-order valence-electron chi connectivity index (χ2n) is 4.85. The Morgan fingerprint density at radius 3 is 2.26 bits per heavy atom. The molecule has 0 bridgehead atoms. The Morgan fingerprint density at radius 1 is 1.09 bits per heavy atom. The van der Waals surface area contributed by atoms with Gasteiger partial charge in [-0.05, 0) is 24.0 Å². The third kappa shape index (κ3) is 10.1. The van der Waals surface area contributed by atoms with Crippen LogP contribution in [0.25, 0.3) is 6.08 Å². The molecule has 1 aromatic carbocycles. The molecule has 0 saturated carbocycles. The second kappa shape index (κ2) is 12.1. The number of carboxylic acid groups (broad SMARTS) is 1. The first-order chi connectivity index (χ1) is 11.1. The van der Waals surface area contributed by atoms with Crippen LogP contribution in [0.2, 0.25) is 0 Å². The second-order valence-corrected chi connectivity index (χ2v) is 7.55. The fourth-order valence-electron chi connectivity index (χ4n) is 1.66. The number of benzene rings is 1. The summed E-state index contributed by atoms with van der Waals surface area (Å²) >= 11 is 0. The molecular formula is C17H22O4S2. The molecular weight excluding hydrogens is 332 g/mol. The average Bonchev–Trinajstić information content (AvgIpc) is 2.55. The van der Waals surface area contributed by atoms with Crippen LogP contribution in [0.5, 0.6) is 0 Å². The predicted molar refractivity (Wildman–Crippen MR) is 97.3 cm³/mol. The molecule has 0 unspecified atom stereocenters. The lowest BCUT2D eigenvalue weighted by Crippen LogP contribution is -2.04. The van der Waals surface area contributed by atoms with Crippen LogP contribution < -0.4 is 0 Å². The summed E-state index contributed by atoms with van der Waals surface area (Å²) in [5.41, 5.74) is 2.00. The van der Waals surface area contributed by atoms with Crippen molar-refractivity contribution in [1.29, 1.82) is 0 Å². The molecule has 1 aromatic rings. The van der Waals surface area contributed by atoms with Gasteiger partial charge in [-0.2, -0.15) is 0 Å². The molecule has 1 N–H and O–H groups in total. The van der Waals surface area contributed by atoms with Crippen LogP contribution in [-0.2, 0) is 20.9 Å². The van der Waals surface area contributed by atoms with E-state index >= 15 is 0 Å². The van der Waals surface area contributed by atoms with Crippen molar-refractivity contribution in [3.63, 3.8) is 0 Å². The SMILES string of the molecule is C=Cc1ccc(COC(=O)CCCSSCCCC(=O)O)cc1. The molecule has 4 nitrogen and oxygen atoms in total.